The van der Waals surface area contributed by atoms with Gasteiger partial charge < -0.3 is 4.74 Å². The van der Waals surface area contributed by atoms with Crippen LogP contribution in [-0.4, -0.2) is 33.8 Å². The normalized spacial score (nSPS) is 10.8. The van der Waals surface area contributed by atoms with Crippen molar-refractivity contribution < 1.29 is 21.9 Å². The number of aryl methyl sites for hydroxylation is 2. The molecule has 0 amide bonds. The Morgan fingerprint density at radius 1 is 0.804 bits per heavy atom. The molecule has 0 aliphatic heterocycles. The van der Waals surface area contributed by atoms with Gasteiger partial charge in [0.15, 0.2) is 0 Å². The summed E-state index contributed by atoms with van der Waals surface area (Å²) in [5.74, 6) is -1.62. The van der Waals surface area contributed by atoms with Crippen molar-refractivity contribution >= 4 is 39.2 Å². The lowest BCUT2D eigenvalue weighted by Crippen LogP contribution is -2.32. The van der Waals surface area contributed by atoms with Crippen LogP contribution in [0, 0.1) is 25.5 Å². The summed E-state index contributed by atoms with van der Waals surface area (Å²) in [7, 11) is -4.57. The number of aromatic nitrogens is 5. The number of benzene rings is 4. The Hall–Kier alpha value is -4.91. The van der Waals surface area contributed by atoms with Gasteiger partial charge in [-0.3, -0.25) is 0 Å². The van der Waals surface area contributed by atoms with Gasteiger partial charge in [-0.05, 0) is 66.9 Å². The number of sulfonamides is 1. The zero-order valence-corrected chi connectivity index (χ0v) is 31.1. The standard InChI is InChI=1S/C33H24Cl2F2N6O3S.2C2H6/c1-19-3-4-23(20(2)11-19)17-43(33-38-18-41-42-33)47(44,45)32-14-28(35)31(15-29(32)37)46-30-13-25(21-5-7-24(36)8-6-21)27(34)12-26(30)22-9-10-39-40-16-22;2*1-2/h3-16,18H,17H2,1-2H3,(H,38,41,42);2*1-2H3. The topological polar surface area (TPSA) is 114 Å². The molecule has 6 aromatic rings. The lowest BCUT2D eigenvalue weighted by molar-refractivity contribution is 0.475. The maximum Gasteiger partial charge on any atom is 0.269 e. The second-order valence-corrected chi connectivity index (χ2v) is 13.2. The van der Waals surface area contributed by atoms with Gasteiger partial charge >= 0.3 is 0 Å². The molecule has 9 nitrogen and oxygen atoms in total. The van der Waals surface area contributed by atoms with Gasteiger partial charge in [0.2, 0.25) is 5.95 Å². The summed E-state index contributed by atoms with van der Waals surface area (Å²) in [5, 5.41) is 14.2. The first-order valence-corrected chi connectivity index (χ1v) is 18.2. The molecular formula is C37H36Cl2F2N6O3S. The van der Waals surface area contributed by atoms with Crippen molar-refractivity contribution in [2.24, 2.45) is 0 Å². The monoisotopic (exact) mass is 752 g/mol. The molecule has 1 N–H and O–H groups in total. The number of anilines is 1. The zero-order chi connectivity index (χ0) is 37.3. The highest BCUT2D eigenvalue weighted by atomic mass is 35.5. The maximum absolute atomic E-state index is 15.9. The predicted octanol–water partition coefficient (Wildman–Crippen LogP) is 10.4. The Kier molecular flexibility index (Phi) is 13.2. The van der Waals surface area contributed by atoms with Crippen LogP contribution < -0.4 is 9.04 Å². The van der Waals surface area contributed by atoms with E-state index in [1.807, 2.05) is 53.7 Å². The SMILES string of the molecule is CC.CC.Cc1ccc(CN(c2ncn[nH]2)S(=O)(=O)c2cc(Cl)c(Oc3cc(-c4ccc(F)cc4)c(Cl)cc3-c3ccnnc3)cc2F)c(C)c1. The van der Waals surface area contributed by atoms with Crippen molar-refractivity contribution in [2.75, 3.05) is 4.31 Å². The molecule has 266 valence electrons. The van der Waals surface area contributed by atoms with Gasteiger partial charge in [-0.25, -0.2) is 26.6 Å². The Morgan fingerprint density at radius 2 is 1.53 bits per heavy atom. The number of hydrogen-bond acceptors (Lipinski definition) is 7. The van der Waals surface area contributed by atoms with Crippen LogP contribution in [0.2, 0.25) is 10.0 Å². The molecular weight excluding hydrogens is 717 g/mol. The molecule has 4 aromatic carbocycles. The predicted molar refractivity (Wildman–Crippen MR) is 198 cm³/mol. The fraction of sp³-hybridized carbons (Fsp3) is 0.189. The number of rotatable bonds is 9. The fourth-order valence-electron chi connectivity index (χ4n) is 4.96. The highest BCUT2D eigenvalue weighted by molar-refractivity contribution is 7.92. The van der Waals surface area contributed by atoms with Crippen molar-refractivity contribution in [1.29, 1.82) is 0 Å². The Bertz CT molecular complexity index is 2190. The summed E-state index contributed by atoms with van der Waals surface area (Å²) >= 11 is 13.2. The van der Waals surface area contributed by atoms with Gasteiger partial charge in [0, 0.05) is 27.8 Å². The number of H-pyrrole nitrogens is 1. The van der Waals surface area contributed by atoms with Crippen LogP contribution in [0.5, 0.6) is 11.5 Å². The van der Waals surface area contributed by atoms with Gasteiger partial charge in [-0.1, -0.05) is 86.8 Å². The average Bonchev–Trinajstić information content (AvgIpc) is 3.67. The van der Waals surface area contributed by atoms with E-state index in [4.69, 9.17) is 27.9 Å². The second kappa shape index (κ2) is 17.3. The van der Waals surface area contributed by atoms with E-state index >= 15 is 4.39 Å². The molecule has 2 aromatic heterocycles. The van der Waals surface area contributed by atoms with Gasteiger partial charge in [0.05, 0.1) is 24.0 Å². The van der Waals surface area contributed by atoms with Crippen LogP contribution in [0.1, 0.15) is 44.4 Å². The summed E-state index contributed by atoms with van der Waals surface area (Å²) in [6.07, 6.45) is 4.12. The molecule has 0 saturated carbocycles. The zero-order valence-electron chi connectivity index (χ0n) is 28.7. The number of nitrogens with one attached hydrogen (secondary N) is 1. The van der Waals surface area contributed by atoms with Gasteiger partial charge in [0.1, 0.15) is 34.4 Å². The van der Waals surface area contributed by atoms with Crippen LogP contribution in [-0.2, 0) is 16.6 Å². The molecule has 0 aliphatic carbocycles. The van der Waals surface area contributed by atoms with Crippen LogP contribution in [0.15, 0.2) is 96.4 Å². The maximum atomic E-state index is 15.9. The number of ether oxygens (including phenoxy) is 1. The molecule has 0 bridgehead atoms. The van der Waals surface area contributed by atoms with E-state index in [9.17, 15) is 12.8 Å². The lowest BCUT2D eigenvalue weighted by Gasteiger charge is -2.23. The third-order valence-corrected chi connectivity index (χ3v) is 9.70. The molecule has 0 atom stereocenters. The highest BCUT2D eigenvalue weighted by Crippen LogP contribution is 2.43. The molecule has 0 saturated heterocycles. The first kappa shape index (κ1) is 38.9. The molecule has 0 spiro atoms. The van der Waals surface area contributed by atoms with Crippen molar-refractivity contribution in [2.45, 2.75) is 53.0 Å². The van der Waals surface area contributed by atoms with Gasteiger partial charge in [-0.2, -0.15) is 20.3 Å². The molecule has 0 fully saturated rings. The molecule has 0 aliphatic rings. The van der Waals surface area contributed by atoms with Crippen LogP contribution in [0.4, 0.5) is 14.7 Å². The van der Waals surface area contributed by atoms with Crippen LogP contribution >= 0.6 is 23.2 Å². The summed E-state index contributed by atoms with van der Waals surface area (Å²) in [6, 6.07) is 18.0. The smallest absolute Gasteiger partial charge is 0.269 e. The fourth-order valence-corrected chi connectivity index (χ4v) is 6.93. The van der Waals surface area contributed by atoms with E-state index in [0.29, 0.717) is 32.8 Å². The third-order valence-electron chi connectivity index (χ3n) is 7.34. The van der Waals surface area contributed by atoms with E-state index < -0.39 is 26.6 Å². The Morgan fingerprint density at radius 3 is 2.16 bits per heavy atom. The summed E-state index contributed by atoms with van der Waals surface area (Å²) < 4.78 is 64.6. The minimum absolute atomic E-state index is 0.106. The first-order chi connectivity index (χ1) is 24.5. The van der Waals surface area contributed by atoms with E-state index in [1.165, 1.54) is 24.5 Å². The van der Waals surface area contributed by atoms with Crippen LogP contribution in [0.25, 0.3) is 22.3 Å². The quantitative estimate of drug-likeness (QED) is 0.156. The van der Waals surface area contributed by atoms with Crippen molar-refractivity contribution in [1.82, 2.24) is 25.4 Å². The van der Waals surface area contributed by atoms with Crippen molar-refractivity contribution in [3.05, 3.63) is 130 Å². The Balaban J connectivity index is 0.00000141. The highest BCUT2D eigenvalue weighted by Gasteiger charge is 2.32. The third kappa shape index (κ3) is 8.88. The second-order valence-electron chi connectivity index (χ2n) is 10.5. The minimum Gasteiger partial charge on any atom is -0.455 e. The number of nitrogens with zero attached hydrogens (tertiary/aromatic N) is 5. The van der Waals surface area contributed by atoms with E-state index in [2.05, 4.69) is 25.4 Å². The summed E-state index contributed by atoms with van der Waals surface area (Å²) in [5.41, 5.74) is 4.66. The minimum atomic E-state index is -4.57. The average molecular weight is 754 g/mol. The number of aromatic amines is 1. The van der Waals surface area contributed by atoms with Crippen molar-refractivity contribution in [3.63, 3.8) is 0 Å². The molecule has 6 rings (SSSR count). The van der Waals surface area contributed by atoms with E-state index in [0.717, 1.165) is 33.9 Å². The Labute approximate surface area is 306 Å². The van der Waals surface area contributed by atoms with Crippen LogP contribution in [0.3, 0.4) is 0 Å². The molecule has 0 radical (unpaired) electrons. The first-order valence-electron chi connectivity index (χ1n) is 16.0. The van der Waals surface area contributed by atoms with Crippen molar-refractivity contribution in [3.8, 4) is 33.8 Å². The molecule has 2 heterocycles. The molecule has 14 heteroatoms. The summed E-state index contributed by atoms with van der Waals surface area (Å²) in [4.78, 5) is 3.32. The van der Waals surface area contributed by atoms with E-state index in [1.54, 1.807) is 36.4 Å². The lowest BCUT2D eigenvalue weighted by atomic mass is 10.00. The molecule has 51 heavy (non-hydrogen) atoms. The largest absolute Gasteiger partial charge is 0.455 e. The number of halogens is 4. The van der Waals surface area contributed by atoms with E-state index in [-0.39, 0.29) is 29.0 Å². The number of hydrogen-bond donors (Lipinski definition) is 1. The molecule has 0 unspecified atom stereocenters. The van der Waals surface area contributed by atoms with Gasteiger partial charge in [0.25, 0.3) is 10.0 Å². The summed E-state index contributed by atoms with van der Waals surface area (Å²) in [6.45, 7) is 11.6. The van der Waals surface area contributed by atoms with Gasteiger partial charge in [-0.15, -0.1) is 0 Å².